The van der Waals surface area contributed by atoms with Gasteiger partial charge in [0, 0.05) is 12.0 Å². The second-order valence-electron chi connectivity index (χ2n) is 3.13. The molecule has 1 rings (SSSR count). The zero-order valence-corrected chi connectivity index (χ0v) is 9.54. The minimum absolute atomic E-state index is 0.0494. The fraction of sp³-hybridized carbons (Fsp3) is 0.333. The number of alkyl halides is 3. The lowest BCUT2D eigenvalue weighted by atomic mass is 10.1. The van der Waals surface area contributed by atoms with E-state index in [0.29, 0.717) is 5.56 Å². The van der Waals surface area contributed by atoms with E-state index in [4.69, 9.17) is 23.2 Å². The molecule has 1 aromatic rings. The average molecular weight is 272 g/mol. The molecule has 0 aliphatic carbocycles. The molecule has 1 heterocycles. The Kier molecular flexibility index (Phi) is 3.80. The second-order valence-corrected chi connectivity index (χ2v) is 3.87. The fourth-order valence-electron chi connectivity index (χ4n) is 1.10. The van der Waals surface area contributed by atoms with E-state index in [1.165, 1.54) is 13.0 Å². The van der Waals surface area contributed by atoms with E-state index >= 15 is 0 Å². The molecule has 0 aliphatic heterocycles. The zero-order chi connectivity index (χ0) is 12.5. The number of nitrogens with zero attached hydrogens (tertiary/aromatic N) is 1. The van der Waals surface area contributed by atoms with E-state index in [2.05, 4.69) is 4.98 Å². The quantitative estimate of drug-likeness (QED) is 0.772. The number of hydrogen-bond donors (Lipinski definition) is 0. The third kappa shape index (κ3) is 3.09. The summed E-state index contributed by atoms with van der Waals surface area (Å²) in [6.45, 7) is 1.51. The van der Waals surface area contributed by atoms with Crippen molar-refractivity contribution in [2.75, 3.05) is 0 Å². The van der Waals surface area contributed by atoms with Crippen LogP contribution in [-0.2, 0) is 11.2 Å². The van der Waals surface area contributed by atoms with Crippen LogP contribution in [0.15, 0.2) is 6.07 Å². The summed E-state index contributed by atoms with van der Waals surface area (Å²) in [6, 6.07) is 1.35. The van der Waals surface area contributed by atoms with Crippen LogP contribution in [0.1, 0.15) is 11.1 Å². The number of ketones is 1. The lowest BCUT2D eigenvalue weighted by molar-refractivity contribution is -0.170. The van der Waals surface area contributed by atoms with Gasteiger partial charge in [-0.2, -0.15) is 13.2 Å². The first kappa shape index (κ1) is 13.3. The molecule has 0 radical (unpaired) electrons. The number of carbonyl (C=O) groups excluding carboxylic acids is 1. The monoisotopic (exact) mass is 271 g/mol. The SMILES string of the molecule is Cc1cc(Cl)nc(Cl)c1CC(=O)C(F)(F)F. The summed E-state index contributed by atoms with van der Waals surface area (Å²) in [5.41, 5.74) is 0.455. The first-order valence-corrected chi connectivity index (χ1v) is 4.89. The van der Waals surface area contributed by atoms with E-state index < -0.39 is 18.4 Å². The summed E-state index contributed by atoms with van der Waals surface area (Å²) >= 11 is 11.2. The third-order valence-corrected chi connectivity index (χ3v) is 2.43. The van der Waals surface area contributed by atoms with E-state index in [1.54, 1.807) is 0 Å². The Morgan fingerprint density at radius 2 is 2.00 bits per heavy atom. The van der Waals surface area contributed by atoms with Crippen molar-refractivity contribution in [2.45, 2.75) is 19.5 Å². The highest BCUT2D eigenvalue weighted by molar-refractivity contribution is 6.33. The van der Waals surface area contributed by atoms with Crippen molar-refractivity contribution >= 4 is 29.0 Å². The van der Waals surface area contributed by atoms with Crippen molar-refractivity contribution in [2.24, 2.45) is 0 Å². The van der Waals surface area contributed by atoms with Crippen molar-refractivity contribution in [3.8, 4) is 0 Å². The Bertz CT molecular complexity index is 408. The van der Waals surface area contributed by atoms with Crippen LogP contribution in [0.5, 0.6) is 0 Å². The van der Waals surface area contributed by atoms with Crippen molar-refractivity contribution in [1.82, 2.24) is 4.98 Å². The highest BCUT2D eigenvalue weighted by atomic mass is 35.5. The van der Waals surface area contributed by atoms with E-state index in [1.807, 2.05) is 0 Å². The van der Waals surface area contributed by atoms with Gasteiger partial charge in [-0.1, -0.05) is 23.2 Å². The number of pyridine rings is 1. The number of halogens is 5. The number of hydrogen-bond acceptors (Lipinski definition) is 2. The highest BCUT2D eigenvalue weighted by Gasteiger charge is 2.38. The molecule has 0 unspecified atom stereocenters. The molecule has 0 N–H and O–H groups in total. The molecule has 0 saturated carbocycles. The number of Topliss-reactive ketones (excluding diaryl/α,β-unsaturated/α-hetero) is 1. The molecule has 0 fully saturated rings. The highest BCUT2D eigenvalue weighted by Crippen LogP contribution is 2.25. The molecule has 0 saturated heterocycles. The summed E-state index contributed by atoms with van der Waals surface area (Å²) in [5.74, 6) is -1.86. The topological polar surface area (TPSA) is 30.0 Å². The number of aryl methyl sites for hydroxylation is 1. The molecule has 7 heteroatoms. The molecule has 0 aromatic carbocycles. The molecule has 0 bridgehead atoms. The zero-order valence-electron chi connectivity index (χ0n) is 8.03. The first-order valence-electron chi connectivity index (χ1n) is 4.13. The van der Waals surface area contributed by atoms with Gasteiger partial charge in [0.25, 0.3) is 0 Å². The van der Waals surface area contributed by atoms with Gasteiger partial charge in [0.15, 0.2) is 0 Å². The second kappa shape index (κ2) is 4.59. The maximum atomic E-state index is 12.0. The van der Waals surface area contributed by atoms with E-state index in [-0.39, 0.29) is 15.9 Å². The summed E-state index contributed by atoms with van der Waals surface area (Å²) in [4.78, 5) is 14.4. The lowest BCUT2D eigenvalue weighted by Gasteiger charge is -2.09. The Morgan fingerprint density at radius 1 is 1.44 bits per heavy atom. The number of rotatable bonds is 2. The Labute approximate surface area is 99.4 Å². The van der Waals surface area contributed by atoms with Crippen LogP contribution < -0.4 is 0 Å². The Balaban J connectivity index is 3.03. The lowest BCUT2D eigenvalue weighted by Crippen LogP contribution is -2.25. The van der Waals surface area contributed by atoms with Gasteiger partial charge in [-0.15, -0.1) is 0 Å². The molecular formula is C9H6Cl2F3NO. The minimum atomic E-state index is -4.87. The van der Waals surface area contributed by atoms with Gasteiger partial charge in [0.2, 0.25) is 5.78 Å². The molecule has 0 spiro atoms. The summed E-state index contributed by atoms with van der Waals surface area (Å²) < 4.78 is 36.1. The van der Waals surface area contributed by atoms with Crippen molar-refractivity contribution < 1.29 is 18.0 Å². The van der Waals surface area contributed by atoms with Gasteiger partial charge in [-0.3, -0.25) is 4.79 Å². The standard InChI is InChI=1S/C9H6Cl2F3NO/c1-4-2-7(10)15-8(11)5(4)3-6(16)9(12,13)14/h2H,3H2,1H3. The summed E-state index contributed by atoms with van der Waals surface area (Å²) in [5, 5.41) is -0.103. The smallest absolute Gasteiger partial charge is 0.289 e. The van der Waals surface area contributed by atoms with Crippen LogP contribution in [-0.4, -0.2) is 16.9 Å². The average Bonchev–Trinajstić information content (AvgIpc) is 2.08. The molecule has 1 aromatic heterocycles. The fourth-order valence-corrected chi connectivity index (χ4v) is 1.69. The summed E-state index contributed by atoms with van der Waals surface area (Å²) in [6.07, 6.45) is -5.69. The summed E-state index contributed by atoms with van der Waals surface area (Å²) in [7, 11) is 0. The van der Waals surface area contributed by atoms with Crippen molar-refractivity contribution in [3.05, 3.63) is 27.5 Å². The van der Waals surface area contributed by atoms with Crippen LogP contribution in [0, 0.1) is 6.92 Å². The molecule has 0 amide bonds. The Hall–Kier alpha value is -0.810. The van der Waals surface area contributed by atoms with Gasteiger partial charge >= 0.3 is 6.18 Å². The van der Waals surface area contributed by atoms with Crippen molar-refractivity contribution in [3.63, 3.8) is 0 Å². The third-order valence-electron chi connectivity index (χ3n) is 1.92. The van der Waals surface area contributed by atoms with E-state index in [0.717, 1.165) is 0 Å². The predicted octanol–water partition coefficient (Wildman–Crippen LogP) is 3.37. The van der Waals surface area contributed by atoms with Crippen LogP contribution in [0.2, 0.25) is 10.3 Å². The normalized spacial score (nSPS) is 11.6. The van der Waals surface area contributed by atoms with Crippen LogP contribution in [0.3, 0.4) is 0 Å². The minimum Gasteiger partial charge on any atom is -0.289 e. The maximum absolute atomic E-state index is 12.0. The molecular weight excluding hydrogens is 266 g/mol. The van der Waals surface area contributed by atoms with Crippen molar-refractivity contribution in [1.29, 1.82) is 0 Å². The maximum Gasteiger partial charge on any atom is 0.450 e. The van der Waals surface area contributed by atoms with Gasteiger partial charge in [-0.25, -0.2) is 4.98 Å². The molecule has 0 atom stereocenters. The number of carbonyl (C=O) groups is 1. The van der Waals surface area contributed by atoms with Crippen LogP contribution >= 0.6 is 23.2 Å². The first-order chi connectivity index (χ1) is 7.21. The van der Waals surface area contributed by atoms with Gasteiger partial charge < -0.3 is 0 Å². The number of aromatic nitrogens is 1. The van der Waals surface area contributed by atoms with Crippen LogP contribution in [0.25, 0.3) is 0 Å². The molecule has 0 aliphatic rings. The van der Waals surface area contributed by atoms with Crippen LogP contribution in [0.4, 0.5) is 13.2 Å². The largest absolute Gasteiger partial charge is 0.450 e. The Morgan fingerprint density at radius 3 is 2.44 bits per heavy atom. The molecule has 88 valence electrons. The molecule has 2 nitrogen and oxygen atoms in total. The predicted molar refractivity (Wildman–Crippen MR) is 53.8 cm³/mol. The van der Waals surface area contributed by atoms with E-state index in [9.17, 15) is 18.0 Å². The van der Waals surface area contributed by atoms with Gasteiger partial charge in [0.1, 0.15) is 10.3 Å². The van der Waals surface area contributed by atoms with Gasteiger partial charge in [-0.05, 0) is 18.6 Å². The molecule has 16 heavy (non-hydrogen) atoms. The van der Waals surface area contributed by atoms with Gasteiger partial charge in [0.05, 0.1) is 0 Å².